The molecule has 1 aliphatic carbocycles. The minimum Gasteiger partial charge on any atom is -0.293 e. The Balaban J connectivity index is 1.56. The van der Waals surface area contributed by atoms with Gasteiger partial charge in [0, 0.05) is 24.3 Å². The van der Waals surface area contributed by atoms with Crippen LogP contribution in [0.5, 0.6) is 0 Å². The first-order valence-corrected chi connectivity index (χ1v) is 8.39. The van der Waals surface area contributed by atoms with Crippen LogP contribution in [0.25, 0.3) is 0 Å². The molecule has 0 bridgehead atoms. The Morgan fingerprint density at radius 1 is 1.42 bits per heavy atom. The molecule has 122 valence electrons. The number of benzene rings is 1. The summed E-state index contributed by atoms with van der Waals surface area (Å²) in [4.78, 5) is 16.4. The van der Waals surface area contributed by atoms with E-state index in [0.29, 0.717) is 17.4 Å². The van der Waals surface area contributed by atoms with Crippen molar-refractivity contribution < 1.29 is 4.79 Å². The molecule has 1 aliphatic heterocycles. The average molecular weight is 321 g/mol. The average Bonchev–Trinajstić information content (AvgIpc) is 3.36. The largest absolute Gasteiger partial charge is 0.293 e. The van der Waals surface area contributed by atoms with Gasteiger partial charge in [-0.2, -0.15) is 10.2 Å². The molecular weight excluding hydrogens is 302 g/mol. The van der Waals surface area contributed by atoms with Crippen molar-refractivity contribution in [1.82, 2.24) is 14.8 Å². The van der Waals surface area contributed by atoms with Gasteiger partial charge < -0.3 is 0 Å². The fourth-order valence-electron chi connectivity index (χ4n) is 3.38. The molecule has 1 aromatic heterocycles. The monoisotopic (exact) mass is 321 g/mol. The zero-order valence-corrected chi connectivity index (χ0v) is 13.6. The second-order valence-corrected chi connectivity index (χ2v) is 6.81. The van der Waals surface area contributed by atoms with Crippen LogP contribution in [-0.4, -0.2) is 20.7 Å². The van der Waals surface area contributed by atoms with Crippen LogP contribution in [-0.2, 0) is 11.3 Å². The molecule has 6 heteroatoms. The molecule has 4 rings (SSSR count). The van der Waals surface area contributed by atoms with E-state index in [-0.39, 0.29) is 17.7 Å². The maximum absolute atomic E-state index is 11.9. The Morgan fingerprint density at radius 3 is 3.00 bits per heavy atom. The number of hydrogen-bond acceptors (Lipinski definition) is 4. The van der Waals surface area contributed by atoms with Crippen molar-refractivity contribution >= 4 is 11.9 Å². The van der Waals surface area contributed by atoms with Gasteiger partial charge in [-0.3, -0.25) is 10.1 Å². The van der Waals surface area contributed by atoms with Gasteiger partial charge in [0.05, 0.1) is 11.6 Å². The third-order valence-corrected chi connectivity index (χ3v) is 4.84. The number of hydrogen-bond donors (Lipinski definition) is 1. The first-order valence-electron chi connectivity index (χ1n) is 8.39. The molecule has 6 nitrogen and oxygen atoms in total. The lowest BCUT2D eigenvalue weighted by molar-refractivity contribution is -0.117. The SMILES string of the molecule is CC1CC(c2cccc(C#N)c2)Cn2nc(NC(=O)C3CC3)nc21. The second-order valence-electron chi connectivity index (χ2n) is 6.81. The molecule has 0 saturated heterocycles. The third-order valence-electron chi connectivity index (χ3n) is 4.84. The lowest BCUT2D eigenvalue weighted by Crippen LogP contribution is -2.22. The second kappa shape index (κ2) is 5.75. The highest BCUT2D eigenvalue weighted by Crippen LogP contribution is 2.36. The van der Waals surface area contributed by atoms with Crippen LogP contribution in [0, 0.1) is 17.2 Å². The van der Waals surface area contributed by atoms with E-state index < -0.39 is 0 Å². The molecule has 2 unspecified atom stereocenters. The molecule has 2 aliphatic rings. The highest BCUT2D eigenvalue weighted by Gasteiger charge is 2.32. The number of rotatable bonds is 3. The number of nitriles is 1. The summed E-state index contributed by atoms with van der Waals surface area (Å²) in [7, 11) is 0. The van der Waals surface area contributed by atoms with Gasteiger partial charge in [-0.15, -0.1) is 5.10 Å². The highest BCUT2D eigenvalue weighted by atomic mass is 16.2. The Bertz CT molecular complexity index is 830. The molecule has 2 atom stereocenters. The van der Waals surface area contributed by atoms with Crippen molar-refractivity contribution in [3.8, 4) is 6.07 Å². The van der Waals surface area contributed by atoms with E-state index in [9.17, 15) is 4.79 Å². The summed E-state index contributed by atoms with van der Waals surface area (Å²) < 4.78 is 1.90. The van der Waals surface area contributed by atoms with Gasteiger partial charge in [0.1, 0.15) is 5.82 Å². The van der Waals surface area contributed by atoms with Crippen molar-refractivity contribution in [1.29, 1.82) is 5.26 Å². The Hall–Kier alpha value is -2.68. The first kappa shape index (κ1) is 14.9. The number of aromatic nitrogens is 3. The van der Waals surface area contributed by atoms with Crippen LogP contribution in [0.1, 0.15) is 55.0 Å². The van der Waals surface area contributed by atoms with E-state index in [2.05, 4.69) is 34.5 Å². The Kier molecular flexibility index (Phi) is 3.57. The molecule has 1 amide bonds. The van der Waals surface area contributed by atoms with Gasteiger partial charge in [0.2, 0.25) is 11.9 Å². The van der Waals surface area contributed by atoms with Gasteiger partial charge in [-0.25, -0.2) is 4.68 Å². The van der Waals surface area contributed by atoms with Gasteiger partial charge in [-0.05, 0) is 37.0 Å². The predicted octanol–water partition coefficient (Wildman–Crippen LogP) is 2.79. The fraction of sp³-hybridized carbons (Fsp3) is 0.444. The minimum absolute atomic E-state index is 0.0314. The summed E-state index contributed by atoms with van der Waals surface area (Å²) in [5.41, 5.74) is 1.84. The molecule has 0 radical (unpaired) electrons. The van der Waals surface area contributed by atoms with Crippen LogP contribution in [0.2, 0.25) is 0 Å². The summed E-state index contributed by atoms with van der Waals surface area (Å²) in [6, 6.07) is 9.96. The molecule has 1 saturated carbocycles. The van der Waals surface area contributed by atoms with Crippen molar-refractivity contribution in [2.75, 3.05) is 5.32 Å². The molecule has 1 fully saturated rings. The van der Waals surface area contributed by atoms with Crippen LogP contribution in [0.3, 0.4) is 0 Å². The van der Waals surface area contributed by atoms with Crippen molar-refractivity contribution in [3.05, 3.63) is 41.2 Å². The summed E-state index contributed by atoms with van der Waals surface area (Å²) in [5, 5.41) is 16.4. The minimum atomic E-state index is 0.0314. The van der Waals surface area contributed by atoms with E-state index in [1.165, 1.54) is 0 Å². The lowest BCUT2D eigenvalue weighted by atomic mass is 9.86. The number of nitrogens with zero attached hydrogens (tertiary/aromatic N) is 4. The highest BCUT2D eigenvalue weighted by molar-refractivity contribution is 5.92. The standard InChI is InChI=1S/C18H19N5O/c1-11-7-15(14-4-2-3-12(8-14)9-19)10-23-16(11)20-18(22-23)21-17(24)13-5-6-13/h2-4,8,11,13,15H,5-7,10H2,1H3,(H,21,22,24). The molecular formula is C18H19N5O. The van der Waals surface area contributed by atoms with Gasteiger partial charge in [0.15, 0.2) is 0 Å². The number of anilines is 1. The lowest BCUT2D eigenvalue weighted by Gasteiger charge is -2.27. The number of amides is 1. The summed E-state index contributed by atoms with van der Waals surface area (Å²) >= 11 is 0. The Morgan fingerprint density at radius 2 is 2.25 bits per heavy atom. The van der Waals surface area contributed by atoms with Crippen LogP contribution in [0.15, 0.2) is 24.3 Å². The summed E-state index contributed by atoms with van der Waals surface area (Å²) in [5.74, 6) is 2.07. The van der Waals surface area contributed by atoms with Gasteiger partial charge in [-0.1, -0.05) is 19.1 Å². The van der Waals surface area contributed by atoms with E-state index in [1.54, 1.807) is 0 Å². The Labute approximate surface area is 140 Å². The van der Waals surface area contributed by atoms with Crippen LogP contribution < -0.4 is 5.32 Å². The number of fused-ring (bicyclic) bond motifs is 1. The van der Waals surface area contributed by atoms with E-state index in [0.717, 1.165) is 37.2 Å². The molecule has 2 aromatic rings. The van der Waals surface area contributed by atoms with Crippen molar-refractivity contribution in [2.45, 2.75) is 44.6 Å². The summed E-state index contributed by atoms with van der Waals surface area (Å²) in [6.07, 6.45) is 2.89. The zero-order chi connectivity index (χ0) is 16.7. The van der Waals surface area contributed by atoms with Crippen LogP contribution in [0.4, 0.5) is 5.95 Å². The first-order chi connectivity index (χ1) is 11.6. The topological polar surface area (TPSA) is 83.6 Å². The van der Waals surface area contributed by atoms with Gasteiger partial charge >= 0.3 is 0 Å². The molecule has 24 heavy (non-hydrogen) atoms. The van der Waals surface area contributed by atoms with E-state index in [1.807, 2.05) is 22.9 Å². The van der Waals surface area contributed by atoms with Crippen molar-refractivity contribution in [2.24, 2.45) is 5.92 Å². The number of carbonyl (C=O) groups is 1. The van der Waals surface area contributed by atoms with E-state index in [4.69, 9.17) is 5.26 Å². The molecule has 0 spiro atoms. The third kappa shape index (κ3) is 2.78. The fourth-order valence-corrected chi connectivity index (χ4v) is 3.38. The van der Waals surface area contributed by atoms with Crippen LogP contribution >= 0.6 is 0 Å². The number of nitrogens with one attached hydrogen (secondary N) is 1. The summed E-state index contributed by atoms with van der Waals surface area (Å²) in [6.45, 7) is 2.86. The quantitative estimate of drug-likeness (QED) is 0.942. The maximum atomic E-state index is 11.9. The van der Waals surface area contributed by atoms with E-state index >= 15 is 0 Å². The maximum Gasteiger partial charge on any atom is 0.248 e. The van der Waals surface area contributed by atoms with Gasteiger partial charge in [0.25, 0.3) is 0 Å². The smallest absolute Gasteiger partial charge is 0.248 e. The normalized spacial score (nSPS) is 22.5. The molecule has 1 N–H and O–H groups in total. The number of carbonyl (C=O) groups excluding carboxylic acids is 1. The molecule has 1 aromatic carbocycles. The molecule has 2 heterocycles. The predicted molar refractivity (Wildman–Crippen MR) is 88.3 cm³/mol. The van der Waals surface area contributed by atoms with Crippen molar-refractivity contribution in [3.63, 3.8) is 0 Å². The zero-order valence-electron chi connectivity index (χ0n) is 13.6.